The van der Waals surface area contributed by atoms with E-state index in [1.165, 1.54) is 16.8 Å². The van der Waals surface area contributed by atoms with Gasteiger partial charge in [0, 0.05) is 12.2 Å². The van der Waals surface area contributed by atoms with Crippen LogP contribution in [0.4, 0.5) is 5.69 Å². The van der Waals surface area contributed by atoms with Crippen molar-refractivity contribution in [3.05, 3.63) is 73.2 Å². The second-order valence-electron chi connectivity index (χ2n) is 3.89. The first-order chi connectivity index (χ1) is 7.88. The van der Waals surface area contributed by atoms with Gasteiger partial charge >= 0.3 is 51.4 Å². The van der Waals surface area contributed by atoms with Crippen molar-refractivity contribution in [2.45, 2.75) is 19.9 Å². The Morgan fingerprint density at radius 2 is 1.44 bits per heavy atom. The number of nitrogens with one attached hydrogen (secondary N) is 1. The monoisotopic (exact) mass is 265 g/mol. The molecule has 1 N–H and O–H groups in total. The van der Waals surface area contributed by atoms with E-state index < -0.39 is 0 Å². The van der Waals surface area contributed by atoms with Crippen LogP contribution in [0, 0.1) is 7.43 Å². The molecule has 2 rings (SSSR count). The second kappa shape index (κ2) is 9.76. The molecular weight excluding hydrogens is 245 g/mol. The van der Waals surface area contributed by atoms with E-state index in [9.17, 15) is 0 Å². The quantitative estimate of drug-likeness (QED) is 0.649. The van der Waals surface area contributed by atoms with Gasteiger partial charge in [-0.3, -0.25) is 0 Å². The fourth-order valence-corrected chi connectivity index (χ4v) is 1.66. The molecule has 1 nitrogen and oxygen atoms in total. The van der Waals surface area contributed by atoms with Gasteiger partial charge in [0.05, 0.1) is 0 Å². The zero-order valence-electron chi connectivity index (χ0n) is 11.6. The van der Waals surface area contributed by atoms with Crippen molar-refractivity contribution in [2.24, 2.45) is 0 Å². The first kappa shape index (κ1) is 17.9. The summed E-state index contributed by atoms with van der Waals surface area (Å²) in [4.78, 5) is 0. The standard InChI is InChI=1S/C15H17N.CH3.K/c1-2-13-8-10-15(11-9-13)16-12-14-6-4-3-5-7-14;;/h3-11,16H,2,12H2,1H3;1H3;/q;-1;+1. The molecule has 0 aromatic heterocycles. The van der Waals surface area contributed by atoms with Crippen LogP contribution in [-0.4, -0.2) is 0 Å². The molecule has 0 amide bonds. The topological polar surface area (TPSA) is 12.0 Å². The van der Waals surface area contributed by atoms with E-state index in [4.69, 9.17) is 0 Å². The Balaban J connectivity index is 0.00000144. The van der Waals surface area contributed by atoms with Crippen molar-refractivity contribution in [2.75, 3.05) is 5.32 Å². The molecule has 0 aliphatic heterocycles. The molecule has 0 radical (unpaired) electrons. The van der Waals surface area contributed by atoms with E-state index in [1.807, 2.05) is 6.07 Å². The van der Waals surface area contributed by atoms with Gasteiger partial charge in [0.15, 0.2) is 0 Å². The molecule has 0 bridgehead atoms. The smallest absolute Gasteiger partial charge is 0.381 e. The first-order valence-corrected chi connectivity index (χ1v) is 5.75. The fourth-order valence-electron chi connectivity index (χ4n) is 1.66. The molecule has 2 aromatic rings. The van der Waals surface area contributed by atoms with Gasteiger partial charge in [-0.05, 0) is 29.7 Å². The number of aryl methyl sites for hydroxylation is 1. The van der Waals surface area contributed by atoms with Crippen molar-refractivity contribution in [3.8, 4) is 0 Å². The Kier molecular flexibility index (Phi) is 9.69. The van der Waals surface area contributed by atoms with E-state index in [-0.39, 0.29) is 58.8 Å². The number of hydrogen-bond acceptors (Lipinski definition) is 1. The van der Waals surface area contributed by atoms with Gasteiger partial charge in [-0.2, -0.15) is 0 Å². The molecule has 0 unspecified atom stereocenters. The summed E-state index contributed by atoms with van der Waals surface area (Å²) in [6.45, 7) is 3.05. The molecule has 0 aliphatic rings. The zero-order valence-corrected chi connectivity index (χ0v) is 14.7. The van der Waals surface area contributed by atoms with Gasteiger partial charge in [0.2, 0.25) is 0 Å². The predicted octanol–water partition coefficient (Wildman–Crippen LogP) is 1.32. The number of benzene rings is 2. The van der Waals surface area contributed by atoms with Crippen molar-refractivity contribution < 1.29 is 51.4 Å². The Morgan fingerprint density at radius 3 is 2.00 bits per heavy atom. The van der Waals surface area contributed by atoms with Gasteiger partial charge in [-0.25, -0.2) is 0 Å². The molecule has 2 heteroatoms. The molecule has 18 heavy (non-hydrogen) atoms. The van der Waals surface area contributed by atoms with Crippen LogP contribution in [0.2, 0.25) is 0 Å². The largest absolute Gasteiger partial charge is 1.00 e. The van der Waals surface area contributed by atoms with Crippen molar-refractivity contribution in [1.82, 2.24) is 0 Å². The summed E-state index contributed by atoms with van der Waals surface area (Å²) >= 11 is 0. The SMILES string of the molecule is CCc1ccc(NCc2ccccc2)cc1.[CH3-].[K+]. The second-order valence-corrected chi connectivity index (χ2v) is 3.89. The third-order valence-electron chi connectivity index (χ3n) is 2.70. The van der Waals surface area contributed by atoms with Crippen LogP contribution in [0.1, 0.15) is 18.1 Å². The summed E-state index contributed by atoms with van der Waals surface area (Å²) in [6.07, 6.45) is 1.10. The third-order valence-corrected chi connectivity index (χ3v) is 2.70. The van der Waals surface area contributed by atoms with Crippen LogP contribution >= 0.6 is 0 Å². The van der Waals surface area contributed by atoms with E-state index in [0.29, 0.717) is 0 Å². The van der Waals surface area contributed by atoms with Gasteiger partial charge in [0.1, 0.15) is 0 Å². The Morgan fingerprint density at radius 1 is 0.833 bits per heavy atom. The predicted molar refractivity (Wildman–Crippen MR) is 76.0 cm³/mol. The fraction of sp³-hybridized carbons (Fsp3) is 0.188. The summed E-state index contributed by atoms with van der Waals surface area (Å²) in [7, 11) is 0. The summed E-state index contributed by atoms with van der Waals surface area (Å²) < 4.78 is 0. The maximum atomic E-state index is 3.41. The first-order valence-electron chi connectivity index (χ1n) is 5.75. The minimum absolute atomic E-state index is 0. The number of rotatable bonds is 4. The molecule has 0 spiro atoms. The average molecular weight is 265 g/mol. The van der Waals surface area contributed by atoms with Gasteiger partial charge < -0.3 is 12.7 Å². The summed E-state index contributed by atoms with van der Waals surface area (Å²) in [5.74, 6) is 0. The number of anilines is 1. The molecule has 0 aliphatic carbocycles. The summed E-state index contributed by atoms with van der Waals surface area (Å²) in [5.41, 5.74) is 3.87. The maximum absolute atomic E-state index is 3.41. The Hall–Kier alpha value is -0.124. The van der Waals surface area contributed by atoms with Crippen LogP contribution in [0.15, 0.2) is 54.6 Å². The van der Waals surface area contributed by atoms with Crippen LogP contribution < -0.4 is 56.7 Å². The maximum Gasteiger partial charge on any atom is 1.00 e. The third kappa shape index (κ3) is 5.68. The normalized spacial score (nSPS) is 8.94. The molecule has 0 atom stereocenters. The molecule has 0 saturated carbocycles. The van der Waals surface area contributed by atoms with Crippen LogP contribution in [0.25, 0.3) is 0 Å². The van der Waals surface area contributed by atoms with Crippen molar-refractivity contribution in [3.63, 3.8) is 0 Å². The molecule has 2 aromatic carbocycles. The minimum atomic E-state index is 0. The summed E-state index contributed by atoms with van der Waals surface area (Å²) in [5, 5.41) is 3.41. The van der Waals surface area contributed by atoms with Crippen LogP contribution in [0.3, 0.4) is 0 Å². The van der Waals surface area contributed by atoms with E-state index in [2.05, 4.69) is 60.8 Å². The van der Waals surface area contributed by atoms with Crippen LogP contribution in [0.5, 0.6) is 0 Å². The average Bonchev–Trinajstić information content (AvgIpc) is 2.38. The molecular formula is C16H20KN. The van der Waals surface area contributed by atoms with E-state index >= 15 is 0 Å². The van der Waals surface area contributed by atoms with E-state index in [0.717, 1.165) is 13.0 Å². The van der Waals surface area contributed by atoms with E-state index in [1.54, 1.807) is 0 Å². The van der Waals surface area contributed by atoms with Gasteiger partial charge in [0.25, 0.3) is 0 Å². The molecule has 90 valence electrons. The van der Waals surface area contributed by atoms with Gasteiger partial charge in [-0.15, -0.1) is 0 Å². The van der Waals surface area contributed by atoms with Crippen LogP contribution in [-0.2, 0) is 13.0 Å². The number of hydrogen-bond donors (Lipinski definition) is 1. The Bertz CT molecular complexity index is 423. The summed E-state index contributed by atoms with van der Waals surface area (Å²) in [6, 6.07) is 19.1. The molecule has 0 fully saturated rings. The molecule has 0 heterocycles. The van der Waals surface area contributed by atoms with Crippen molar-refractivity contribution in [1.29, 1.82) is 0 Å². The Labute approximate surface area is 153 Å². The van der Waals surface area contributed by atoms with Crippen molar-refractivity contribution >= 4 is 5.69 Å². The zero-order chi connectivity index (χ0) is 11.2. The molecule has 0 saturated heterocycles. The van der Waals surface area contributed by atoms with Gasteiger partial charge in [-0.1, -0.05) is 49.4 Å². The minimum Gasteiger partial charge on any atom is -0.381 e.